The minimum atomic E-state index is 0.435. The molecule has 0 radical (unpaired) electrons. The average molecular weight is 419 g/mol. The number of hydrogen-bond donors (Lipinski definition) is 2. The number of hydrogen-bond acceptors (Lipinski definition) is 8. The van der Waals surface area contributed by atoms with E-state index in [1.165, 1.54) is 6.33 Å². The molecule has 0 spiro atoms. The molecule has 0 aliphatic carbocycles. The van der Waals surface area contributed by atoms with E-state index in [4.69, 9.17) is 9.47 Å². The van der Waals surface area contributed by atoms with E-state index in [9.17, 15) is 0 Å². The zero-order valence-electron chi connectivity index (χ0n) is 17.7. The van der Waals surface area contributed by atoms with Crippen molar-refractivity contribution in [2.24, 2.45) is 7.05 Å². The number of fused-ring (bicyclic) bond motifs is 1. The second-order valence-electron chi connectivity index (χ2n) is 7.29. The highest BCUT2D eigenvalue weighted by molar-refractivity contribution is 5.91. The Morgan fingerprint density at radius 2 is 1.90 bits per heavy atom. The van der Waals surface area contributed by atoms with E-state index >= 15 is 0 Å². The lowest BCUT2D eigenvalue weighted by atomic mass is 10.2. The van der Waals surface area contributed by atoms with Crippen molar-refractivity contribution in [1.82, 2.24) is 30.0 Å². The lowest BCUT2D eigenvalue weighted by molar-refractivity contribution is 0.307. The summed E-state index contributed by atoms with van der Waals surface area (Å²) in [6.45, 7) is 5.56. The third-order valence-electron chi connectivity index (χ3n) is 4.42. The van der Waals surface area contributed by atoms with Gasteiger partial charge in [-0.05, 0) is 24.3 Å². The van der Waals surface area contributed by atoms with Crippen LogP contribution in [0.25, 0.3) is 10.9 Å². The van der Waals surface area contributed by atoms with Crippen molar-refractivity contribution >= 4 is 22.5 Å². The predicted octanol–water partition coefficient (Wildman–Crippen LogP) is 3.67. The average Bonchev–Trinajstić information content (AvgIpc) is 3.17. The summed E-state index contributed by atoms with van der Waals surface area (Å²) in [6, 6.07) is 11.5. The molecule has 0 amide bonds. The largest absolute Gasteiger partial charge is 0.491 e. The van der Waals surface area contributed by atoms with E-state index in [0.717, 1.165) is 17.4 Å². The number of nitrogens with zero attached hydrogens (tertiary/aromatic N) is 5. The molecule has 4 rings (SSSR count). The number of pyridine rings is 1. The molecule has 160 valence electrons. The molecule has 0 saturated carbocycles. The second-order valence-corrected chi connectivity index (χ2v) is 7.29. The quantitative estimate of drug-likeness (QED) is 0.397. The van der Waals surface area contributed by atoms with Gasteiger partial charge in [0.05, 0.1) is 11.7 Å². The predicted molar refractivity (Wildman–Crippen MR) is 119 cm³/mol. The smallest absolute Gasteiger partial charge is 0.219 e. The Labute approximate surface area is 180 Å². The number of nitrogens with one attached hydrogen (secondary N) is 2. The van der Waals surface area contributed by atoms with Crippen LogP contribution in [-0.2, 0) is 7.05 Å². The Morgan fingerprint density at radius 1 is 1.03 bits per heavy atom. The molecule has 0 saturated heterocycles. The summed E-state index contributed by atoms with van der Waals surface area (Å²) in [6.07, 6.45) is 5.04. The summed E-state index contributed by atoms with van der Waals surface area (Å²) in [5.74, 6) is 3.17. The molecule has 9 heteroatoms. The third-order valence-corrected chi connectivity index (χ3v) is 4.42. The number of ether oxygens (including phenoxy) is 2. The van der Waals surface area contributed by atoms with Crippen molar-refractivity contribution in [3.63, 3.8) is 0 Å². The van der Waals surface area contributed by atoms with E-state index < -0.39 is 0 Å². The Morgan fingerprint density at radius 3 is 2.65 bits per heavy atom. The summed E-state index contributed by atoms with van der Waals surface area (Å²) in [5, 5.41) is 11.7. The van der Waals surface area contributed by atoms with Crippen LogP contribution in [-0.4, -0.2) is 43.9 Å². The van der Waals surface area contributed by atoms with Crippen molar-refractivity contribution in [1.29, 1.82) is 0 Å². The minimum absolute atomic E-state index is 0.435. The minimum Gasteiger partial charge on any atom is -0.491 e. The molecule has 1 aromatic carbocycles. The topological polar surface area (TPSA) is 99.0 Å². The number of aryl methyl sites for hydroxylation is 1. The summed E-state index contributed by atoms with van der Waals surface area (Å²) >= 11 is 0. The standard InChI is InChI=1S/C22H25N7O2/c1-15(2)23-9-11-30-17-5-7-21(24-13-17)31-16-4-6-19-18(12-16)22(26-14-25-19)27-20-8-10-29(3)28-20/h4-8,10,12-15,23H,9,11H2,1-3H3,(H,25,26,27,28). The SMILES string of the molecule is CC(C)NCCOc1ccc(Oc2ccc3ncnc(Nc4ccn(C)n4)c3c2)nc1. The Bertz CT molecular complexity index is 1140. The first-order valence-electron chi connectivity index (χ1n) is 10.1. The number of rotatable bonds is 9. The fraction of sp³-hybridized carbons (Fsp3) is 0.273. The zero-order valence-corrected chi connectivity index (χ0v) is 17.7. The molecule has 0 unspecified atom stereocenters. The monoisotopic (exact) mass is 419 g/mol. The van der Waals surface area contributed by atoms with Crippen LogP contribution in [0.2, 0.25) is 0 Å². The fourth-order valence-corrected chi connectivity index (χ4v) is 2.95. The van der Waals surface area contributed by atoms with Crippen LogP contribution in [0.3, 0.4) is 0 Å². The third kappa shape index (κ3) is 5.46. The van der Waals surface area contributed by atoms with Gasteiger partial charge < -0.3 is 20.1 Å². The highest BCUT2D eigenvalue weighted by atomic mass is 16.5. The molecule has 31 heavy (non-hydrogen) atoms. The van der Waals surface area contributed by atoms with Crippen molar-refractivity contribution < 1.29 is 9.47 Å². The normalized spacial score (nSPS) is 11.1. The van der Waals surface area contributed by atoms with Gasteiger partial charge in [-0.2, -0.15) is 5.10 Å². The molecule has 0 aliphatic rings. The van der Waals surface area contributed by atoms with Crippen molar-refractivity contribution in [3.05, 3.63) is 55.1 Å². The Balaban J connectivity index is 1.45. The highest BCUT2D eigenvalue weighted by Gasteiger charge is 2.08. The van der Waals surface area contributed by atoms with Crippen molar-refractivity contribution in [2.45, 2.75) is 19.9 Å². The van der Waals surface area contributed by atoms with Gasteiger partial charge in [-0.1, -0.05) is 13.8 Å². The van der Waals surface area contributed by atoms with Crippen LogP contribution in [0.1, 0.15) is 13.8 Å². The lowest BCUT2D eigenvalue weighted by Gasteiger charge is -2.11. The molecule has 3 aromatic heterocycles. The molecule has 2 N–H and O–H groups in total. The van der Waals surface area contributed by atoms with Gasteiger partial charge in [0, 0.05) is 43.4 Å². The molecule has 0 fully saturated rings. The highest BCUT2D eigenvalue weighted by Crippen LogP contribution is 2.28. The van der Waals surface area contributed by atoms with Crippen LogP contribution in [0.15, 0.2) is 55.1 Å². The summed E-state index contributed by atoms with van der Waals surface area (Å²) in [7, 11) is 1.86. The summed E-state index contributed by atoms with van der Waals surface area (Å²) < 4.78 is 13.3. The van der Waals surface area contributed by atoms with Crippen LogP contribution in [0.5, 0.6) is 17.4 Å². The molecule has 3 heterocycles. The maximum atomic E-state index is 5.93. The molecule has 9 nitrogen and oxygen atoms in total. The van der Waals surface area contributed by atoms with Crippen LogP contribution in [0, 0.1) is 0 Å². The molecular formula is C22H25N7O2. The van der Waals surface area contributed by atoms with Crippen LogP contribution >= 0.6 is 0 Å². The van der Waals surface area contributed by atoms with E-state index in [0.29, 0.717) is 41.7 Å². The van der Waals surface area contributed by atoms with Crippen LogP contribution in [0.4, 0.5) is 11.6 Å². The summed E-state index contributed by atoms with van der Waals surface area (Å²) in [5.41, 5.74) is 0.799. The number of benzene rings is 1. The molecule has 0 aliphatic heterocycles. The molecule has 0 atom stereocenters. The number of anilines is 2. The van der Waals surface area contributed by atoms with Crippen LogP contribution < -0.4 is 20.1 Å². The van der Waals surface area contributed by atoms with Crippen molar-refractivity contribution in [3.8, 4) is 17.4 Å². The zero-order chi connectivity index (χ0) is 21.6. The van der Waals surface area contributed by atoms with E-state index in [1.54, 1.807) is 16.9 Å². The van der Waals surface area contributed by atoms with Gasteiger partial charge in [0.25, 0.3) is 0 Å². The van der Waals surface area contributed by atoms with Gasteiger partial charge in [0.1, 0.15) is 30.3 Å². The van der Waals surface area contributed by atoms with E-state index in [1.807, 2.05) is 43.6 Å². The van der Waals surface area contributed by atoms with Crippen molar-refractivity contribution in [2.75, 3.05) is 18.5 Å². The fourth-order valence-electron chi connectivity index (χ4n) is 2.95. The number of aromatic nitrogens is 5. The maximum Gasteiger partial charge on any atom is 0.219 e. The van der Waals surface area contributed by atoms with Gasteiger partial charge in [0.15, 0.2) is 5.82 Å². The van der Waals surface area contributed by atoms with Gasteiger partial charge in [-0.3, -0.25) is 4.68 Å². The first-order chi connectivity index (χ1) is 15.1. The van der Waals surface area contributed by atoms with Gasteiger partial charge >= 0.3 is 0 Å². The molecule has 0 bridgehead atoms. The first kappa shape index (κ1) is 20.5. The molecular weight excluding hydrogens is 394 g/mol. The summed E-state index contributed by atoms with van der Waals surface area (Å²) in [4.78, 5) is 13.0. The molecule has 4 aromatic rings. The maximum absolute atomic E-state index is 5.93. The van der Waals surface area contributed by atoms with E-state index in [2.05, 4.69) is 44.5 Å². The Kier molecular flexibility index (Phi) is 6.23. The second kappa shape index (κ2) is 9.40. The van der Waals surface area contributed by atoms with Gasteiger partial charge in [-0.25, -0.2) is 15.0 Å². The van der Waals surface area contributed by atoms with E-state index in [-0.39, 0.29) is 0 Å². The lowest BCUT2D eigenvalue weighted by Crippen LogP contribution is -2.27. The Hall–Kier alpha value is -3.72. The van der Waals surface area contributed by atoms with Gasteiger partial charge in [0.2, 0.25) is 5.88 Å². The van der Waals surface area contributed by atoms with Gasteiger partial charge in [-0.15, -0.1) is 0 Å². The first-order valence-corrected chi connectivity index (χ1v) is 10.1.